The van der Waals surface area contributed by atoms with Crippen molar-refractivity contribution in [2.75, 3.05) is 0 Å². The van der Waals surface area contributed by atoms with Crippen LogP contribution in [0.1, 0.15) is 24.7 Å². The van der Waals surface area contributed by atoms with Crippen LogP contribution in [-0.4, -0.2) is 9.55 Å². The lowest BCUT2D eigenvalue weighted by Gasteiger charge is -2.20. The standard InChI is InChI=1S/C13H13F3N2/c1-8-4-5-18-11-3-2-9(13(14,15)16)7-10(11)17-12(18)6-8/h2-3,7-8H,4-6H2,1H3/t8-/m1/s1. The predicted octanol–water partition coefficient (Wildman–Crippen LogP) is 3.64. The van der Waals surface area contributed by atoms with E-state index < -0.39 is 11.7 Å². The normalized spacial score (nSPS) is 20.1. The molecule has 96 valence electrons. The third kappa shape index (κ3) is 1.78. The number of rotatable bonds is 0. The molecule has 0 saturated heterocycles. The van der Waals surface area contributed by atoms with Crippen LogP contribution >= 0.6 is 0 Å². The second kappa shape index (κ2) is 3.73. The van der Waals surface area contributed by atoms with Gasteiger partial charge in [-0.25, -0.2) is 4.98 Å². The molecule has 2 heterocycles. The Morgan fingerprint density at radius 3 is 2.83 bits per heavy atom. The number of benzene rings is 1. The summed E-state index contributed by atoms with van der Waals surface area (Å²) in [5, 5.41) is 0. The van der Waals surface area contributed by atoms with E-state index >= 15 is 0 Å². The van der Waals surface area contributed by atoms with E-state index in [0.29, 0.717) is 11.4 Å². The van der Waals surface area contributed by atoms with Gasteiger partial charge in [0.2, 0.25) is 0 Å². The molecule has 0 fully saturated rings. The molecule has 3 rings (SSSR count). The smallest absolute Gasteiger partial charge is 0.328 e. The molecule has 0 N–H and O–H groups in total. The van der Waals surface area contributed by atoms with Crippen molar-refractivity contribution in [2.24, 2.45) is 5.92 Å². The molecule has 0 amide bonds. The van der Waals surface area contributed by atoms with Crippen molar-refractivity contribution >= 4 is 11.0 Å². The van der Waals surface area contributed by atoms with E-state index in [2.05, 4.69) is 11.9 Å². The Hall–Kier alpha value is -1.52. The van der Waals surface area contributed by atoms with Crippen molar-refractivity contribution in [3.8, 4) is 0 Å². The van der Waals surface area contributed by atoms with Gasteiger partial charge in [-0.3, -0.25) is 0 Å². The first kappa shape index (κ1) is 11.6. The fraction of sp³-hybridized carbons (Fsp3) is 0.462. The maximum absolute atomic E-state index is 12.6. The highest BCUT2D eigenvalue weighted by molar-refractivity contribution is 5.77. The van der Waals surface area contributed by atoms with Crippen molar-refractivity contribution in [1.82, 2.24) is 9.55 Å². The molecule has 1 atom stereocenters. The third-order valence-electron chi connectivity index (χ3n) is 3.53. The van der Waals surface area contributed by atoms with E-state index in [1.807, 2.05) is 4.57 Å². The number of fused-ring (bicyclic) bond motifs is 3. The Labute approximate surface area is 102 Å². The predicted molar refractivity (Wildman–Crippen MR) is 62.2 cm³/mol. The number of hydrogen-bond acceptors (Lipinski definition) is 1. The second-order valence-electron chi connectivity index (χ2n) is 4.98. The Morgan fingerprint density at radius 2 is 2.11 bits per heavy atom. The second-order valence-corrected chi connectivity index (χ2v) is 4.98. The minimum Gasteiger partial charge on any atom is -0.328 e. The largest absolute Gasteiger partial charge is 0.416 e. The maximum atomic E-state index is 12.6. The van der Waals surface area contributed by atoms with Crippen LogP contribution in [0.2, 0.25) is 0 Å². The van der Waals surface area contributed by atoms with Gasteiger partial charge in [-0.1, -0.05) is 6.92 Å². The van der Waals surface area contributed by atoms with Gasteiger partial charge in [0, 0.05) is 13.0 Å². The van der Waals surface area contributed by atoms with Crippen LogP contribution in [0.25, 0.3) is 11.0 Å². The summed E-state index contributed by atoms with van der Waals surface area (Å²) >= 11 is 0. The van der Waals surface area contributed by atoms with Crippen LogP contribution in [0.4, 0.5) is 13.2 Å². The van der Waals surface area contributed by atoms with Gasteiger partial charge in [-0.15, -0.1) is 0 Å². The summed E-state index contributed by atoms with van der Waals surface area (Å²) in [4.78, 5) is 4.34. The van der Waals surface area contributed by atoms with Crippen molar-refractivity contribution < 1.29 is 13.2 Å². The SMILES string of the molecule is C[C@@H]1CCn2c(nc3cc(C(F)(F)F)ccc32)C1. The molecule has 0 aliphatic carbocycles. The monoisotopic (exact) mass is 254 g/mol. The number of nitrogens with zero attached hydrogens (tertiary/aromatic N) is 2. The van der Waals surface area contributed by atoms with Crippen LogP contribution in [-0.2, 0) is 19.1 Å². The molecule has 0 radical (unpaired) electrons. The topological polar surface area (TPSA) is 17.8 Å². The lowest BCUT2D eigenvalue weighted by molar-refractivity contribution is -0.137. The Morgan fingerprint density at radius 1 is 1.33 bits per heavy atom. The van der Waals surface area contributed by atoms with E-state index in [1.165, 1.54) is 6.07 Å². The summed E-state index contributed by atoms with van der Waals surface area (Å²) < 4.78 is 39.9. The van der Waals surface area contributed by atoms with E-state index in [-0.39, 0.29) is 0 Å². The molecule has 1 aliphatic rings. The third-order valence-corrected chi connectivity index (χ3v) is 3.53. The number of halogens is 3. The zero-order valence-corrected chi connectivity index (χ0v) is 9.96. The van der Waals surface area contributed by atoms with Gasteiger partial charge < -0.3 is 4.57 Å². The average Bonchev–Trinajstić information content (AvgIpc) is 2.63. The van der Waals surface area contributed by atoms with E-state index in [0.717, 1.165) is 42.9 Å². The lowest BCUT2D eigenvalue weighted by Crippen LogP contribution is -2.17. The number of imidazole rings is 1. The van der Waals surface area contributed by atoms with Crippen molar-refractivity contribution in [3.63, 3.8) is 0 Å². The highest BCUT2D eigenvalue weighted by Gasteiger charge is 2.31. The van der Waals surface area contributed by atoms with Crippen LogP contribution < -0.4 is 0 Å². The molecule has 0 spiro atoms. The summed E-state index contributed by atoms with van der Waals surface area (Å²) in [6.07, 6.45) is -2.40. The number of aromatic nitrogens is 2. The van der Waals surface area contributed by atoms with E-state index in [4.69, 9.17) is 0 Å². The van der Waals surface area contributed by atoms with Crippen molar-refractivity contribution in [3.05, 3.63) is 29.6 Å². The summed E-state index contributed by atoms with van der Waals surface area (Å²) in [5.41, 5.74) is 0.636. The summed E-state index contributed by atoms with van der Waals surface area (Å²) in [6.45, 7) is 2.99. The zero-order chi connectivity index (χ0) is 12.9. The van der Waals surface area contributed by atoms with Crippen LogP contribution in [0.15, 0.2) is 18.2 Å². The highest BCUT2D eigenvalue weighted by Crippen LogP contribution is 2.32. The lowest BCUT2D eigenvalue weighted by atomic mass is 10.0. The molecule has 0 saturated carbocycles. The number of hydrogen-bond donors (Lipinski definition) is 0. The molecular weight excluding hydrogens is 241 g/mol. The molecule has 0 bridgehead atoms. The summed E-state index contributed by atoms with van der Waals surface area (Å²) in [7, 11) is 0. The van der Waals surface area contributed by atoms with Gasteiger partial charge in [-0.2, -0.15) is 13.2 Å². The van der Waals surface area contributed by atoms with E-state index in [1.54, 1.807) is 0 Å². The molecule has 1 aromatic heterocycles. The molecule has 18 heavy (non-hydrogen) atoms. The van der Waals surface area contributed by atoms with Crippen LogP contribution in [0.3, 0.4) is 0 Å². The molecular formula is C13H13F3N2. The van der Waals surface area contributed by atoms with E-state index in [9.17, 15) is 13.2 Å². The highest BCUT2D eigenvalue weighted by atomic mass is 19.4. The molecule has 1 aromatic carbocycles. The van der Waals surface area contributed by atoms with Crippen molar-refractivity contribution in [1.29, 1.82) is 0 Å². The van der Waals surface area contributed by atoms with Gasteiger partial charge in [-0.05, 0) is 30.5 Å². The fourth-order valence-corrected chi connectivity index (χ4v) is 2.52. The Kier molecular flexibility index (Phi) is 2.40. The van der Waals surface area contributed by atoms with Gasteiger partial charge in [0.1, 0.15) is 5.82 Å². The van der Waals surface area contributed by atoms with Crippen molar-refractivity contribution in [2.45, 2.75) is 32.5 Å². The average molecular weight is 254 g/mol. The molecule has 2 nitrogen and oxygen atoms in total. The molecule has 2 aromatic rings. The Balaban J connectivity index is 2.14. The molecule has 1 aliphatic heterocycles. The molecule has 0 unspecified atom stereocenters. The van der Waals surface area contributed by atoms with Crippen LogP contribution in [0.5, 0.6) is 0 Å². The summed E-state index contributed by atoms with van der Waals surface area (Å²) in [6, 6.07) is 3.81. The van der Waals surface area contributed by atoms with Gasteiger partial charge in [0.25, 0.3) is 0 Å². The summed E-state index contributed by atoms with van der Waals surface area (Å²) in [5.74, 6) is 1.46. The fourth-order valence-electron chi connectivity index (χ4n) is 2.52. The first-order valence-electron chi connectivity index (χ1n) is 6.01. The number of alkyl halides is 3. The van der Waals surface area contributed by atoms with Gasteiger partial charge in [0.05, 0.1) is 16.6 Å². The first-order chi connectivity index (χ1) is 8.45. The zero-order valence-electron chi connectivity index (χ0n) is 9.96. The van der Waals surface area contributed by atoms with Gasteiger partial charge >= 0.3 is 6.18 Å². The molecule has 5 heteroatoms. The van der Waals surface area contributed by atoms with Gasteiger partial charge in [0.15, 0.2) is 0 Å². The quantitative estimate of drug-likeness (QED) is 0.701. The maximum Gasteiger partial charge on any atom is 0.416 e. The minimum absolute atomic E-state index is 0.453. The van der Waals surface area contributed by atoms with Crippen LogP contribution in [0, 0.1) is 5.92 Å². The minimum atomic E-state index is -4.30. The Bertz CT molecular complexity index is 598. The number of aryl methyl sites for hydroxylation is 1. The first-order valence-corrected chi connectivity index (χ1v) is 6.01.